The Kier molecular flexibility index (Phi) is 11.2. The predicted molar refractivity (Wildman–Crippen MR) is 192 cm³/mol. The van der Waals surface area contributed by atoms with E-state index in [0.717, 1.165) is 21.5 Å². The van der Waals surface area contributed by atoms with E-state index in [1.165, 1.54) is 0 Å². The van der Waals surface area contributed by atoms with Gasteiger partial charge in [-0.1, -0.05) is 121 Å². The van der Waals surface area contributed by atoms with E-state index in [0.29, 0.717) is 30.0 Å². The van der Waals surface area contributed by atoms with Gasteiger partial charge >= 0.3 is 8.56 Å². The van der Waals surface area contributed by atoms with Crippen molar-refractivity contribution in [1.82, 2.24) is 0 Å². The van der Waals surface area contributed by atoms with E-state index in [1.807, 2.05) is 104 Å². The van der Waals surface area contributed by atoms with Crippen molar-refractivity contribution in [2.75, 3.05) is 11.3 Å². The van der Waals surface area contributed by atoms with Crippen LogP contribution in [0.2, 0.25) is 0 Å². The first-order valence-electron chi connectivity index (χ1n) is 15.4. The lowest BCUT2D eigenvalue weighted by Crippen LogP contribution is -2.63. The van der Waals surface area contributed by atoms with E-state index in [2.05, 4.69) is 17.9 Å². The van der Waals surface area contributed by atoms with Gasteiger partial charge in [-0.15, -0.1) is 13.2 Å². The van der Waals surface area contributed by atoms with Crippen molar-refractivity contribution >= 4 is 34.6 Å². The van der Waals surface area contributed by atoms with E-state index in [9.17, 15) is 8.42 Å². The van der Waals surface area contributed by atoms with Gasteiger partial charge in [0, 0.05) is 5.56 Å². The lowest BCUT2D eigenvalue weighted by atomic mass is 10.0. The molecule has 5 aromatic rings. The topological polar surface area (TPSA) is 73.9 Å². The van der Waals surface area contributed by atoms with Crippen LogP contribution in [0.3, 0.4) is 0 Å². The molecule has 6 nitrogen and oxygen atoms in total. The van der Waals surface area contributed by atoms with Crippen LogP contribution in [0.1, 0.15) is 29.2 Å². The first-order chi connectivity index (χ1) is 22.8. The molecular weight excluding hydrogens is 623 g/mol. The molecule has 0 aliphatic rings. The third-order valence-corrected chi connectivity index (χ3v) is 12.4. The van der Waals surface area contributed by atoms with Crippen LogP contribution in [0.15, 0.2) is 164 Å². The second-order valence-electron chi connectivity index (χ2n) is 11.0. The molecule has 47 heavy (non-hydrogen) atoms. The molecule has 0 saturated carbocycles. The molecule has 0 spiro atoms. The molecule has 0 aliphatic carbocycles. The first kappa shape index (κ1) is 33.6. The number of hydrogen-bond donors (Lipinski definition) is 1. The van der Waals surface area contributed by atoms with Gasteiger partial charge in [0.05, 0.1) is 23.3 Å². The molecule has 5 rings (SSSR count). The summed E-state index contributed by atoms with van der Waals surface area (Å²) in [6, 6.07) is 41.7. The molecular formula is C39H39NO5SSi. The van der Waals surface area contributed by atoms with Gasteiger partial charge < -0.3 is 13.6 Å². The van der Waals surface area contributed by atoms with Gasteiger partial charge in [0.2, 0.25) is 0 Å². The zero-order valence-electron chi connectivity index (χ0n) is 26.4. The number of rotatable bonds is 16. The smallest absolute Gasteiger partial charge is 0.407 e. The van der Waals surface area contributed by atoms with E-state index in [4.69, 9.17) is 13.6 Å². The molecule has 0 aromatic heterocycles. The highest BCUT2D eigenvalue weighted by Crippen LogP contribution is 2.36. The first-order valence-corrected chi connectivity index (χ1v) is 18.7. The van der Waals surface area contributed by atoms with Crippen LogP contribution < -0.4 is 19.8 Å². The molecule has 0 radical (unpaired) electrons. The Labute approximate surface area is 279 Å². The second-order valence-corrected chi connectivity index (χ2v) is 15.6. The number of nitrogens with one attached hydrogen (secondary N) is 1. The summed E-state index contributed by atoms with van der Waals surface area (Å²) in [5.74, 6) is 0.568. The number of benzene rings is 5. The molecule has 0 fully saturated rings. The number of ether oxygens (including phenoxy) is 1. The van der Waals surface area contributed by atoms with Crippen molar-refractivity contribution in [1.29, 1.82) is 0 Å². The van der Waals surface area contributed by atoms with Crippen LogP contribution in [0.5, 0.6) is 5.75 Å². The molecule has 1 unspecified atom stereocenters. The van der Waals surface area contributed by atoms with Crippen molar-refractivity contribution in [3.63, 3.8) is 0 Å². The van der Waals surface area contributed by atoms with Gasteiger partial charge in [-0.3, -0.25) is 4.72 Å². The van der Waals surface area contributed by atoms with Crippen LogP contribution in [-0.2, 0) is 25.5 Å². The number of anilines is 1. The Bertz CT molecular complexity index is 1830. The van der Waals surface area contributed by atoms with Crippen molar-refractivity contribution in [3.8, 4) is 5.75 Å². The fraction of sp³-hybridized carbons (Fsp3) is 0.128. The lowest BCUT2D eigenvalue weighted by Gasteiger charge is -2.35. The fourth-order valence-corrected chi connectivity index (χ4v) is 9.57. The number of hydrogen-bond acceptors (Lipinski definition) is 5. The van der Waals surface area contributed by atoms with Crippen molar-refractivity contribution in [3.05, 3.63) is 175 Å². The molecule has 1 atom stereocenters. The maximum absolute atomic E-state index is 13.7. The van der Waals surface area contributed by atoms with Crippen molar-refractivity contribution < 1.29 is 22.0 Å². The summed E-state index contributed by atoms with van der Waals surface area (Å²) in [5.41, 5.74) is 2.94. The SMILES string of the molecule is C=CCO[Si](OC(CC=C)c1cc(OCc2ccccc2)ccc1NS(=O)(=O)c1ccc(C)cc1)(c1ccccc1)c1ccccc1. The van der Waals surface area contributed by atoms with E-state index in [-0.39, 0.29) is 11.5 Å². The van der Waals surface area contributed by atoms with E-state index < -0.39 is 24.7 Å². The minimum atomic E-state index is -3.94. The van der Waals surface area contributed by atoms with E-state index >= 15 is 0 Å². The normalized spacial score (nSPS) is 12.2. The minimum Gasteiger partial charge on any atom is -0.489 e. The van der Waals surface area contributed by atoms with Crippen molar-refractivity contribution in [2.45, 2.75) is 31.0 Å². The monoisotopic (exact) mass is 661 g/mol. The summed E-state index contributed by atoms with van der Waals surface area (Å²) in [4.78, 5) is 0.159. The number of sulfonamides is 1. The lowest BCUT2D eigenvalue weighted by molar-refractivity contribution is 0.141. The summed E-state index contributed by atoms with van der Waals surface area (Å²) in [5, 5.41) is 1.81. The van der Waals surface area contributed by atoms with Crippen LogP contribution in [0, 0.1) is 6.92 Å². The minimum absolute atomic E-state index is 0.159. The predicted octanol–water partition coefficient (Wildman–Crippen LogP) is 7.47. The summed E-state index contributed by atoms with van der Waals surface area (Å²) >= 11 is 0. The van der Waals surface area contributed by atoms with Gasteiger partial charge in [0.15, 0.2) is 0 Å². The zero-order chi connectivity index (χ0) is 33.1. The molecule has 0 amide bonds. The molecule has 0 saturated heterocycles. The molecule has 240 valence electrons. The van der Waals surface area contributed by atoms with E-state index in [1.54, 1.807) is 48.6 Å². The standard InChI is InChI=1S/C39H39NO5SSi/c1-4-15-39(45-47(44-28-5-2,35-18-11-7-12-19-35)36-20-13-8-14-21-36)37-29-33(43-30-32-16-9-6-10-17-32)24-27-38(37)40-46(41,42)34-25-22-31(3)23-26-34/h4-14,16-27,29,39-40H,1-2,15,28,30H2,3H3. The van der Waals surface area contributed by atoms with Crippen LogP contribution in [0.4, 0.5) is 5.69 Å². The highest BCUT2D eigenvalue weighted by atomic mass is 32.2. The van der Waals surface area contributed by atoms with Crippen molar-refractivity contribution in [2.24, 2.45) is 0 Å². The highest BCUT2D eigenvalue weighted by Gasteiger charge is 2.45. The summed E-state index contributed by atoms with van der Waals surface area (Å²) in [6.07, 6.45) is 3.18. The van der Waals surface area contributed by atoms with Gasteiger partial charge in [-0.05, 0) is 59.6 Å². The summed E-state index contributed by atoms with van der Waals surface area (Å²) in [7, 11) is -7.37. The van der Waals surface area contributed by atoms with Crippen LogP contribution in [0.25, 0.3) is 0 Å². The Hall–Kier alpha value is -4.73. The van der Waals surface area contributed by atoms with Crippen LogP contribution in [-0.4, -0.2) is 23.6 Å². The Morgan fingerprint density at radius 3 is 1.94 bits per heavy atom. The molecule has 0 aliphatic heterocycles. The molecule has 1 N–H and O–H groups in total. The van der Waals surface area contributed by atoms with Gasteiger partial charge in [-0.25, -0.2) is 8.42 Å². The third kappa shape index (κ3) is 8.36. The third-order valence-electron chi connectivity index (χ3n) is 7.59. The zero-order valence-corrected chi connectivity index (χ0v) is 28.2. The Morgan fingerprint density at radius 2 is 1.36 bits per heavy atom. The molecule has 0 heterocycles. The maximum atomic E-state index is 13.7. The highest BCUT2D eigenvalue weighted by molar-refractivity contribution is 7.92. The Balaban J connectivity index is 1.63. The van der Waals surface area contributed by atoms with Gasteiger partial charge in [0.1, 0.15) is 12.4 Å². The molecule has 0 bridgehead atoms. The summed E-state index contributed by atoms with van der Waals surface area (Å²) in [6.45, 7) is 10.4. The second kappa shape index (κ2) is 15.7. The molecule has 5 aromatic carbocycles. The van der Waals surface area contributed by atoms with Gasteiger partial charge in [0.25, 0.3) is 10.0 Å². The van der Waals surface area contributed by atoms with Crippen LogP contribution >= 0.6 is 0 Å². The van der Waals surface area contributed by atoms with Gasteiger partial charge in [-0.2, -0.15) is 0 Å². The molecule has 8 heteroatoms. The Morgan fingerprint density at radius 1 is 0.766 bits per heavy atom. The quantitative estimate of drug-likeness (QED) is 0.0878. The fourth-order valence-electron chi connectivity index (χ4n) is 5.24. The average molecular weight is 662 g/mol. The maximum Gasteiger partial charge on any atom is 0.407 e. The average Bonchev–Trinajstić information content (AvgIpc) is 3.10. The number of aryl methyl sites for hydroxylation is 1. The largest absolute Gasteiger partial charge is 0.489 e. The summed E-state index contributed by atoms with van der Waals surface area (Å²) < 4.78 is 50.4.